The first-order valence-electron chi connectivity index (χ1n) is 23.6. The number of nitrogens with one attached hydrogen (secondary N) is 3. The largest absolute Gasteiger partial charge is 0.475 e. The van der Waals surface area contributed by atoms with Crippen molar-refractivity contribution in [2.24, 2.45) is 5.41 Å². The number of halogens is 3. The van der Waals surface area contributed by atoms with Crippen LogP contribution in [0.15, 0.2) is 71.9 Å². The lowest BCUT2D eigenvalue weighted by atomic mass is 9.70. The summed E-state index contributed by atoms with van der Waals surface area (Å²) in [6.07, 6.45) is 8.85. The van der Waals surface area contributed by atoms with Crippen LogP contribution in [0.5, 0.6) is 17.4 Å². The van der Waals surface area contributed by atoms with Gasteiger partial charge >= 0.3 is 5.69 Å². The molecule has 2 aliphatic heterocycles. The summed E-state index contributed by atoms with van der Waals surface area (Å²) >= 11 is 0. The van der Waals surface area contributed by atoms with Gasteiger partial charge < -0.3 is 29.8 Å². The van der Waals surface area contributed by atoms with E-state index in [-0.39, 0.29) is 75.9 Å². The first-order chi connectivity index (χ1) is 32.8. The van der Waals surface area contributed by atoms with Crippen LogP contribution in [0.1, 0.15) is 113 Å². The highest BCUT2D eigenvalue weighted by Crippen LogP contribution is 2.50. The molecule has 5 heterocycles. The topological polar surface area (TPSA) is 205 Å². The third kappa shape index (κ3) is 10.8. The van der Waals surface area contributed by atoms with Gasteiger partial charge in [0.1, 0.15) is 22.1 Å². The summed E-state index contributed by atoms with van der Waals surface area (Å²) in [6, 6.07) is 14.0. The summed E-state index contributed by atoms with van der Waals surface area (Å²) in [7, 11) is -4.76. The zero-order chi connectivity index (χ0) is 49.3. The number of piperidine rings is 1. The fourth-order valence-electron chi connectivity index (χ4n) is 10.1. The highest BCUT2D eigenvalue weighted by molar-refractivity contribution is 7.90. The van der Waals surface area contributed by atoms with E-state index in [0.29, 0.717) is 44.5 Å². The molecule has 370 valence electrons. The van der Waals surface area contributed by atoms with Gasteiger partial charge in [-0.2, -0.15) is 4.98 Å². The van der Waals surface area contributed by atoms with E-state index < -0.39 is 48.8 Å². The quantitative estimate of drug-likeness (QED) is 0.0346. The van der Waals surface area contributed by atoms with Gasteiger partial charge in [-0.15, -0.1) is 0 Å². The number of likely N-dealkylation sites (tertiary alicyclic amines) is 1. The summed E-state index contributed by atoms with van der Waals surface area (Å²) < 4.78 is 85.8. The van der Waals surface area contributed by atoms with E-state index in [2.05, 4.69) is 30.1 Å². The Balaban J connectivity index is 1.00. The van der Waals surface area contributed by atoms with Crippen molar-refractivity contribution in [3.63, 3.8) is 0 Å². The van der Waals surface area contributed by atoms with Crippen LogP contribution in [0, 0.1) is 21.3 Å². The molecule has 2 aromatic carbocycles. The number of rotatable bonds is 19. The zero-order valence-electron chi connectivity index (χ0n) is 39.2. The van der Waals surface area contributed by atoms with Gasteiger partial charge in [0, 0.05) is 81.3 Å². The number of fused-ring (bicyclic) bond motifs is 1. The Morgan fingerprint density at radius 1 is 1.06 bits per heavy atom. The molecule has 3 atom stereocenters. The van der Waals surface area contributed by atoms with E-state index in [9.17, 15) is 41.6 Å². The molecule has 3 aliphatic rings. The Labute approximate surface area is 399 Å². The Morgan fingerprint density at radius 3 is 2.52 bits per heavy atom. The molecule has 1 saturated carbocycles. The number of hydrogen-bond donors (Lipinski definition) is 4. The molecule has 1 spiro atoms. The number of pyridine rings is 2. The number of carbonyl (C=O) groups is 1. The number of nitro groups is 1. The highest BCUT2D eigenvalue weighted by atomic mass is 32.2. The molecule has 8 rings (SSSR count). The second-order valence-electron chi connectivity index (χ2n) is 19.0. The number of carbonyl (C=O) groups excluding carboxylic acids is 1. The number of sulfonamides is 1. The maximum absolute atomic E-state index is 14.9. The number of H-pyrrole nitrogens is 1. The second-order valence-corrected chi connectivity index (χ2v) is 20.7. The summed E-state index contributed by atoms with van der Waals surface area (Å²) in [4.78, 5) is 40.5. The minimum atomic E-state index is -4.76. The van der Waals surface area contributed by atoms with Gasteiger partial charge in [0.2, 0.25) is 5.82 Å². The number of anilines is 2. The molecule has 69 heavy (non-hydrogen) atoms. The van der Waals surface area contributed by atoms with E-state index >= 15 is 0 Å². The van der Waals surface area contributed by atoms with Crippen LogP contribution < -0.4 is 24.4 Å². The third-order valence-electron chi connectivity index (χ3n) is 14.1. The third-order valence-corrected chi connectivity index (χ3v) is 15.4. The number of aromatic nitrogens is 3. The van der Waals surface area contributed by atoms with Crippen LogP contribution in [0.3, 0.4) is 0 Å². The molecule has 16 nitrogen and oxygen atoms in total. The number of amides is 1. The van der Waals surface area contributed by atoms with Crippen LogP contribution in [0.2, 0.25) is 0 Å². The average Bonchev–Trinajstić information content (AvgIpc) is 3.94. The standard InChI is InChI=1S/C49H59F3N8O8S/c1-5-47(3,62)18-9-10-21-53-44-40(60(63)64)25-32(27-54-44)69(65,66)57-45(61)35-17-16-31(24-41(35)68-42-26-36-38(50)28-55-43(36)56-46(42)67-6-2)58-22-19-49(20-23-58)29-59(30-49)39-15-11-13-34(39)33-12-7-8-14-37(33)48(4,51)52/h7-8,12,14,16-17,24-28,34,39,62H,5-6,9-11,13,15,18-23,29-30H2,1-4H3,(H,53,54)(H,55,56)(H,57,61)/t34-,39-,47-/m1/s1. The number of alkyl halides is 2. The number of benzene rings is 2. The van der Waals surface area contributed by atoms with E-state index in [1.807, 2.05) is 23.8 Å². The number of aromatic amines is 1. The smallest absolute Gasteiger partial charge is 0.312 e. The number of nitrogens with zero attached hydrogens (tertiary/aromatic N) is 5. The van der Waals surface area contributed by atoms with Crippen molar-refractivity contribution in [2.75, 3.05) is 49.5 Å². The van der Waals surface area contributed by atoms with Crippen molar-refractivity contribution < 1.29 is 45.9 Å². The van der Waals surface area contributed by atoms with E-state index in [1.54, 1.807) is 38.1 Å². The number of aliphatic hydroxyl groups is 1. The molecule has 0 bridgehead atoms. The van der Waals surface area contributed by atoms with Crippen molar-refractivity contribution in [3.8, 4) is 17.4 Å². The number of hydrogen-bond acceptors (Lipinski definition) is 13. The summed E-state index contributed by atoms with van der Waals surface area (Å²) in [6.45, 7) is 9.76. The average molecular weight is 977 g/mol. The van der Waals surface area contributed by atoms with Crippen LogP contribution in [0.4, 0.5) is 30.4 Å². The predicted octanol–water partition coefficient (Wildman–Crippen LogP) is 9.41. The van der Waals surface area contributed by atoms with Gasteiger partial charge in [0.15, 0.2) is 5.75 Å². The van der Waals surface area contributed by atoms with Gasteiger partial charge in [0.25, 0.3) is 27.7 Å². The molecule has 5 aromatic rings. The monoisotopic (exact) mass is 976 g/mol. The van der Waals surface area contributed by atoms with Gasteiger partial charge in [-0.3, -0.25) is 19.8 Å². The van der Waals surface area contributed by atoms with Gasteiger partial charge in [-0.05, 0) is 94.2 Å². The summed E-state index contributed by atoms with van der Waals surface area (Å²) in [5, 5.41) is 25.3. The van der Waals surface area contributed by atoms with E-state index in [0.717, 1.165) is 76.1 Å². The zero-order valence-corrected chi connectivity index (χ0v) is 40.0. The summed E-state index contributed by atoms with van der Waals surface area (Å²) in [5.41, 5.74) is 0.0890. The predicted molar refractivity (Wildman–Crippen MR) is 254 cm³/mol. The Kier molecular flexibility index (Phi) is 14.2. The molecule has 20 heteroatoms. The second kappa shape index (κ2) is 19.8. The van der Waals surface area contributed by atoms with Gasteiger partial charge in [0.05, 0.1) is 34.3 Å². The first-order valence-corrected chi connectivity index (χ1v) is 25.0. The van der Waals surface area contributed by atoms with Crippen molar-refractivity contribution in [3.05, 3.63) is 99.6 Å². The van der Waals surface area contributed by atoms with Crippen molar-refractivity contribution >= 4 is 44.2 Å². The SMILES string of the molecule is CCOc1nc2[nH]cc(F)c2cc1Oc1cc(N2CCC3(CC2)CN([C@@H]2CCC[C@@H]2c2ccccc2C(C)(F)F)C3)ccc1C(=O)NS(=O)(=O)c1cnc(NCCCC[C@](C)(O)CC)c([N+](=O)[O-])c1. The minimum absolute atomic E-state index is 0.0120. The molecule has 3 aromatic heterocycles. The van der Waals surface area contributed by atoms with Gasteiger partial charge in [-0.25, -0.2) is 31.3 Å². The van der Waals surface area contributed by atoms with Crippen molar-refractivity contribution in [1.29, 1.82) is 0 Å². The molecule has 0 radical (unpaired) electrons. The molecule has 0 unspecified atom stereocenters. The van der Waals surface area contributed by atoms with Gasteiger partial charge in [-0.1, -0.05) is 37.6 Å². The Hall–Kier alpha value is -5.99. The Bertz CT molecular complexity index is 2810. The summed E-state index contributed by atoms with van der Waals surface area (Å²) in [5.74, 6) is -4.92. The normalized spacial score (nSPS) is 19.3. The molecule has 4 N–H and O–H groups in total. The lowest BCUT2D eigenvalue weighted by molar-refractivity contribution is -0.384. The van der Waals surface area contributed by atoms with Crippen molar-refractivity contribution in [2.45, 2.75) is 114 Å². The van der Waals surface area contributed by atoms with Crippen LogP contribution >= 0.6 is 0 Å². The maximum atomic E-state index is 14.9. The molecular formula is C49H59F3N8O8S. The Morgan fingerprint density at radius 2 is 1.81 bits per heavy atom. The van der Waals surface area contributed by atoms with Crippen LogP contribution in [-0.2, 0) is 15.9 Å². The molecular weight excluding hydrogens is 918 g/mol. The maximum Gasteiger partial charge on any atom is 0.312 e. The van der Waals surface area contributed by atoms with E-state index in [4.69, 9.17) is 9.47 Å². The highest BCUT2D eigenvalue weighted by Gasteiger charge is 2.50. The number of ether oxygens (including phenoxy) is 2. The first kappa shape index (κ1) is 49.4. The lowest BCUT2D eigenvalue weighted by Gasteiger charge is -2.57. The van der Waals surface area contributed by atoms with Crippen LogP contribution in [-0.4, -0.2) is 95.2 Å². The fourth-order valence-corrected chi connectivity index (χ4v) is 11.0. The van der Waals surface area contributed by atoms with E-state index in [1.165, 1.54) is 12.1 Å². The molecule has 1 aliphatic carbocycles. The fraction of sp³-hybridized carbons (Fsp3) is 0.490. The molecule has 3 fully saturated rings. The molecule has 2 saturated heterocycles. The minimum Gasteiger partial charge on any atom is -0.475 e. The van der Waals surface area contributed by atoms with Crippen LogP contribution in [0.25, 0.3) is 11.0 Å². The lowest BCUT2D eigenvalue weighted by Crippen LogP contribution is -2.63. The molecule has 1 amide bonds. The van der Waals surface area contributed by atoms with Crippen molar-refractivity contribution in [1.82, 2.24) is 24.6 Å². The number of unbranched alkanes of at least 4 members (excludes halogenated alkanes) is 1.